The molecule has 110 valence electrons. The number of aryl methyl sites for hydroxylation is 1. The van der Waals surface area contributed by atoms with E-state index in [0.717, 1.165) is 11.7 Å². The maximum absolute atomic E-state index is 12.0. The molecule has 0 bridgehead atoms. The molecule has 20 heavy (non-hydrogen) atoms. The number of amides is 1. The predicted molar refractivity (Wildman–Crippen MR) is 70.3 cm³/mol. The van der Waals surface area contributed by atoms with Crippen molar-refractivity contribution in [1.82, 2.24) is 14.5 Å². The maximum Gasteiger partial charge on any atom is 0.331 e. The lowest BCUT2D eigenvalue weighted by molar-refractivity contribution is -0.145. The highest BCUT2D eigenvalue weighted by molar-refractivity contribution is 5.83. The van der Waals surface area contributed by atoms with E-state index in [2.05, 4.69) is 10.1 Å². The first kappa shape index (κ1) is 15.7. The van der Waals surface area contributed by atoms with Crippen molar-refractivity contribution in [2.24, 2.45) is 0 Å². The smallest absolute Gasteiger partial charge is 0.331 e. The molecule has 1 N–H and O–H groups in total. The summed E-state index contributed by atoms with van der Waals surface area (Å²) in [6.07, 6.45) is 1.38. The lowest BCUT2D eigenvalue weighted by Crippen LogP contribution is -2.49. The second kappa shape index (κ2) is 6.69. The zero-order chi connectivity index (χ0) is 15.3. The molecule has 0 aromatic carbocycles. The van der Waals surface area contributed by atoms with Gasteiger partial charge in [-0.3, -0.25) is 14.2 Å². The van der Waals surface area contributed by atoms with E-state index in [4.69, 9.17) is 0 Å². The van der Waals surface area contributed by atoms with Crippen molar-refractivity contribution in [2.45, 2.75) is 33.0 Å². The Kier molecular flexibility index (Phi) is 5.24. The van der Waals surface area contributed by atoms with E-state index in [9.17, 15) is 19.2 Å². The number of carbonyl (C=O) groups excluding carboxylic acids is 2. The van der Waals surface area contributed by atoms with Crippen LogP contribution in [0.25, 0.3) is 0 Å². The molecule has 0 aliphatic carbocycles. The third-order valence-corrected chi connectivity index (χ3v) is 2.71. The molecule has 8 heteroatoms. The summed E-state index contributed by atoms with van der Waals surface area (Å²) in [6, 6.07) is 0.142. The van der Waals surface area contributed by atoms with Gasteiger partial charge in [0.25, 0.3) is 5.56 Å². The summed E-state index contributed by atoms with van der Waals surface area (Å²) in [6.45, 7) is 3.10. The Hall–Kier alpha value is -2.38. The molecular formula is C12H17N3O5. The van der Waals surface area contributed by atoms with Crippen LogP contribution in [-0.4, -0.2) is 34.2 Å². The maximum atomic E-state index is 12.0. The summed E-state index contributed by atoms with van der Waals surface area (Å²) in [4.78, 5) is 46.4. The predicted octanol–water partition coefficient (Wildman–Crippen LogP) is -1.29. The molecule has 8 nitrogen and oxygen atoms in total. The molecule has 0 saturated carbocycles. The van der Waals surface area contributed by atoms with Crippen molar-refractivity contribution in [2.75, 3.05) is 7.11 Å². The van der Waals surface area contributed by atoms with Crippen LogP contribution in [0.3, 0.4) is 0 Å². The van der Waals surface area contributed by atoms with Crippen LogP contribution < -0.4 is 16.6 Å². The molecule has 1 rings (SSSR count). The van der Waals surface area contributed by atoms with Crippen LogP contribution in [0.1, 0.15) is 13.8 Å². The number of rotatable bonds is 5. The first-order valence-corrected chi connectivity index (χ1v) is 6.06. The van der Waals surface area contributed by atoms with E-state index in [-0.39, 0.29) is 6.54 Å². The SMILES string of the molecule is CCn1ccc(=O)n(CC(NC(C)=O)C(=O)OC)c1=O. The van der Waals surface area contributed by atoms with E-state index >= 15 is 0 Å². The third kappa shape index (κ3) is 3.56. The van der Waals surface area contributed by atoms with Gasteiger partial charge in [0.15, 0.2) is 0 Å². The molecule has 1 atom stereocenters. The van der Waals surface area contributed by atoms with Gasteiger partial charge >= 0.3 is 11.7 Å². The van der Waals surface area contributed by atoms with Crippen LogP contribution in [0.5, 0.6) is 0 Å². The Morgan fingerprint density at radius 3 is 2.55 bits per heavy atom. The largest absolute Gasteiger partial charge is 0.467 e. The Balaban J connectivity index is 3.17. The fraction of sp³-hybridized carbons (Fsp3) is 0.500. The van der Waals surface area contributed by atoms with Crippen LogP contribution in [0.15, 0.2) is 21.9 Å². The minimum atomic E-state index is -1.09. The van der Waals surface area contributed by atoms with E-state index < -0.39 is 29.2 Å². The number of carbonyl (C=O) groups is 2. The van der Waals surface area contributed by atoms with Gasteiger partial charge < -0.3 is 14.6 Å². The Morgan fingerprint density at radius 2 is 2.05 bits per heavy atom. The summed E-state index contributed by atoms with van der Waals surface area (Å²) < 4.78 is 6.76. The summed E-state index contributed by atoms with van der Waals surface area (Å²) in [7, 11) is 1.16. The number of nitrogens with zero attached hydrogens (tertiary/aromatic N) is 2. The van der Waals surface area contributed by atoms with Crippen LogP contribution in [0, 0.1) is 0 Å². The molecule has 1 unspecified atom stereocenters. The van der Waals surface area contributed by atoms with Gasteiger partial charge in [-0.2, -0.15) is 0 Å². The van der Waals surface area contributed by atoms with Gasteiger partial charge in [0.05, 0.1) is 13.7 Å². The van der Waals surface area contributed by atoms with Gasteiger partial charge in [-0.25, -0.2) is 9.59 Å². The number of ether oxygens (including phenoxy) is 1. The highest BCUT2D eigenvalue weighted by Gasteiger charge is 2.22. The number of aromatic nitrogens is 2. The third-order valence-electron chi connectivity index (χ3n) is 2.71. The minimum Gasteiger partial charge on any atom is -0.467 e. The molecule has 1 aromatic heterocycles. The normalized spacial score (nSPS) is 11.8. The molecule has 1 aromatic rings. The molecule has 0 radical (unpaired) electrons. The van der Waals surface area contributed by atoms with Gasteiger partial charge in [0.1, 0.15) is 6.04 Å². The van der Waals surface area contributed by atoms with Crippen molar-refractivity contribution < 1.29 is 14.3 Å². The van der Waals surface area contributed by atoms with E-state index in [0.29, 0.717) is 6.54 Å². The number of methoxy groups -OCH3 is 1. The van der Waals surface area contributed by atoms with Crippen LogP contribution in [-0.2, 0) is 27.4 Å². The summed E-state index contributed by atoms with van der Waals surface area (Å²) in [5, 5.41) is 2.35. The minimum absolute atomic E-state index is 0.273. The number of hydrogen-bond acceptors (Lipinski definition) is 5. The topological polar surface area (TPSA) is 99.4 Å². The lowest BCUT2D eigenvalue weighted by atomic mass is 10.3. The van der Waals surface area contributed by atoms with Crippen molar-refractivity contribution in [3.05, 3.63) is 33.1 Å². The summed E-state index contributed by atoms with van der Waals surface area (Å²) in [5.41, 5.74) is -1.08. The van der Waals surface area contributed by atoms with E-state index in [1.165, 1.54) is 23.8 Å². The molecule has 1 amide bonds. The fourth-order valence-electron chi connectivity index (χ4n) is 1.71. The lowest BCUT2D eigenvalue weighted by Gasteiger charge is -2.16. The Morgan fingerprint density at radius 1 is 1.40 bits per heavy atom. The van der Waals surface area contributed by atoms with Crippen LogP contribution in [0.4, 0.5) is 0 Å². The molecule has 0 aliphatic rings. The monoisotopic (exact) mass is 283 g/mol. The molecule has 0 spiro atoms. The highest BCUT2D eigenvalue weighted by atomic mass is 16.5. The molecule has 0 aliphatic heterocycles. The van der Waals surface area contributed by atoms with Gasteiger partial charge in [0, 0.05) is 25.7 Å². The first-order chi connectivity index (χ1) is 9.40. The fourth-order valence-corrected chi connectivity index (χ4v) is 1.71. The zero-order valence-electron chi connectivity index (χ0n) is 11.6. The van der Waals surface area contributed by atoms with Crippen LogP contribution in [0.2, 0.25) is 0 Å². The molecule has 0 saturated heterocycles. The Bertz CT molecular complexity index is 616. The average Bonchev–Trinajstić information content (AvgIpc) is 2.41. The number of esters is 1. The van der Waals surface area contributed by atoms with Crippen molar-refractivity contribution in [3.63, 3.8) is 0 Å². The van der Waals surface area contributed by atoms with Crippen molar-refractivity contribution in [3.8, 4) is 0 Å². The molecule has 1 heterocycles. The number of hydrogen-bond donors (Lipinski definition) is 1. The first-order valence-electron chi connectivity index (χ1n) is 6.06. The standard InChI is InChI=1S/C12H17N3O5/c1-4-14-6-5-10(17)15(12(14)19)7-9(11(18)20-3)13-8(2)16/h5-6,9H,4,7H2,1-3H3,(H,13,16). The number of nitrogens with one attached hydrogen (secondary N) is 1. The van der Waals surface area contributed by atoms with E-state index in [1.54, 1.807) is 6.92 Å². The zero-order valence-corrected chi connectivity index (χ0v) is 11.6. The summed E-state index contributed by atoms with van der Waals surface area (Å²) >= 11 is 0. The van der Waals surface area contributed by atoms with Gasteiger partial charge in [0.2, 0.25) is 5.91 Å². The molecular weight excluding hydrogens is 266 g/mol. The van der Waals surface area contributed by atoms with Crippen molar-refractivity contribution >= 4 is 11.9 Å². The van der Waals surface area contributed by atoms with Gasteiger partial charge in [-0.15, -0.1) is 0 Å². The van der Waals surface area contributed by atoms with E-state index in [1.807, 2.05) is 0 Å². The van der Waals surface area contributed by atoms with Crippen molar-refractivity contribution in [1.29, 1.82) is 0 Å². The average molecular weight is 283 g/mol. The Labute approximate surface area is 115 Å². The van der Waals surface area contributed by atoms with Crippen LogP contribution >= 0.6 is 0 Å². The highest BCUT2D eigenvalue weighted by Crippen LogP contribution is 1.92. The summed E-state index contributed by atoms with van der Waals surface area (Å²) in [5.74, 6) is -1.18. The second-order valence-electron chi connectivity index (χ2n) is 4.11. The second-order valence-corrected chi connectivity index (χ2v) is 4.11. The molecule has 0 fully saturated rings. The van der Waals surface area contributed by atoms with Gasteiger partial charge in [-0.05, 0) is 6.92 Å². The quantitative estimate of drug-likeness (QED) is 0.678. The van der Waals surface area contributed by atoms with Gasteiger partial charge in [-0.1, -0.05) is 0 Å².